The highest BCUT2D eigenvalue weighted by molar-refractivity contribution is 6.32. The Morgan fingerprint density at radius 3 is 0.966 bits per heavy atom. The Labute approximate surface area is 841 Å². The zero-order valence-electron chi connectivity index (χ0n) is 78.9. The lowest BCUT2D eigenvalue weighted by Gasteiger charge is -2.14. The Balaban J connectivity index is 0.0000000955. The maximum Gasteiger partial charge on any atom is 0.137 e. The maximum absolute atomic E-state index is 5.15. The normalized spacial score (nSPS) is 11.7. The number of imidazole rings is 1. The standard InChI is InChI=1S/C39H24N4.C36H22N4.C31H19N3.C27H15N3/c1-2-7-26(8-3-1)38-39(43-22-5-4-10-37(43)42-38)27-13-11-25(12-14-27)34-20-17-31-33-24-28-15-18-35-30(9-6-21-40-35)32(28)23-29(33)16-19-36(31)41-34;1-4-25(21-37-13-1)27-16-28(26-5-2-14-38-22-26)18-29(17-27)34-12-9-31-33-20-23-7-10-35-30(6-3-15-39-35)32(23)19-24(33)8-11-36(31)40-34;1-3-24(19-32-15-1)20-5-7-21(8-6-20)29-14-11-26-28-18-22-9-12-30-25(4-2-16-33-30)27(22)17-23(28)10-13-31(26)34-29;1-4-20(15-28-11-1)23-10-7-19-14-17-5-8-21-24-16(13-18-3-2-12-29-26(18)21)6-9-22(25(17)24)27(19)30-23/h1-24H;1-22H;1-19H;1-15H. The maximum atomic E-state index is 5.15. The molecule has 0 saturated carbocycles. The average Bonchev–Trinajstić information content (AvgIpc) is 1.63. The van der Waals surface area contributed by atoms with Crippen molar-refractivity contribution >= 4 is 190 Å². The van der Waals surface area contributed by atoms with Gasteiger partial charge in [0, 0.05) is 179 Å². The first kappa shape index (κ1) is 84.9. The van der Waals surface area contributed by atoms with Crippen molar-refractivity contribution in [2.24, 2.45) is 0 Å². The molecule has 0 atom stereocenters. The molecule has 0 aliphatic heterocycles. The quantitative estimate of drug-likeness (QED) is 0.0988. The Morgan fingerprint density at radius 2 is 0.503 bits per heavy atom. The minimum Gasteiger partial charge on any atom is -0.299 e. The molecule has 0 aliphatic rings. The molecule has 0 radical (unpaired) electrons. The zero-order chi connectivity index (χ0) is 96.9. The minimum atomic E-state index is 0.931. The van der Waals surface area contributed by atoms with Gasteiger partial charge in [0.25, 0.3) is 0 Å². The van der Waals surface area contributed by atoms with Crippen LogP contribution in [-0.4, -0.2) is 69.2 Å². The smallest absolute Gasteiger partial charge is 0.137 e. The zero-order valence-corrected chi connectivity index (χ0v) is 78.9. The lowest BCUT2D eigenvalue weighted by Crippen LogP contribution is -1.91. The minimum absolute atomic E-state index is 0.931. The number of benzene rings is 17. The van der Waals surface area contributed by atoms with Crippen LogP contribution in [0.4, 0.5) is 0 Å². The van der Waals surface area contributed by atoms with E-state index in [0.717, 1.165) is 167 Å². The average molecular weight is 1870 g/mol. The summed E-state index contributed by atoms with van der Waals surface area (Å²) in [5.74, 6) is 0. The van der Waals surface area contributed by atoms with Crippen molar-refractivity contribution in [1.82, 2.24) is 69.2 Å². The second-order valence-corrected chi connectivity index (χ2v) is 37.3. The van der Waals surface area contributed by atoms with Gasteiger partial charge in [0.2, 0.25) is 0 Å². The van der Waals surface area contributed by atoms with Crippen LogP contribution >= 0.6 is 0 Å². The summed E-state index contributed by atoms with van der Waals surface area (Å²) in [4.78, 5) is 60.7. The molecule has 14 heterocycles. The van der Waals surface area contributed by atoms with Crippen molar-refractivity contribution in [2.45, 2.75) is 0 Å². The monoisotopic (exact) mass is 1870 g/mol. The molecule has 0 saturated heterocycles. The van der Waals surface area contributed by atoms with Crippen LogP contribution < -0.4 is 0 Å². The van der Waals surface area contributed by atoms with E-state index in [1.54, 1.807) is 24.8 Å². The van der Waals surface area contributed by atoms with E-state index in [2.05, 4.69) is 390 Å². The molecule has 0 unspecified atom stereocenters. The summed E-state index contributed by atoms with van der Waals surface area (Å²) in [6.45, 7) is 0. The highest BCUT2D eigenvalue weighted by Crippen LogP contribution is 2.45. The molecule has 17 aromatic carbocycles. The second-order valence-electron chi connectivity index (χ2n) is 37.3. The Hall–Kier alpha value is -20.1. The molecule has 0 fully saturated rings. The third-order valence-electron chi connectivity index (χ3n) is 28.7. The summed E-state index contributed by atoms with van der Waals surface area (Å²) in [5, 5.41) is 31.3. The van der Waals surface area contributed by atoms with Crippen LogP contribution in [0.5, 0.6) is 0 Å². The molecule has 0 N–H and O–H groups in total. The molecule has 14 nitrogen and oxygen atoms in total. The van der Waals surface area contributed by atoms with Crippen molar-refractivity contribution in [1.29, 1.82) is 0 Å². The van der Waals surface area contributed by atoms with Gasteiger partial charge in [-0.05, 0) is 303 Å². The number of aromatic nitrogens is 14. The molecule has 31 rings (SSSR count). The van der Waals surface area contributed by atoms with Gasteiger partial charge in [-0.15, -0.1) is 0 Å². The van der Waals surface area contributed by atoms with E-state index in [9.17, 15) is 0 Å². The molecule has 31 aromatic rings. The summed E-state index contributed by atoms with van der Waals surface area (Å²) in [7, 11) is 0. The van der Waals surface area contributed by atoms with Gasteiger partial charge in [-0.2, -0.15) is 0 Å². The molecule has 14 heteroatoms. The summed E-state index contributed by atoms with van der Waals surface area (Å²) in [6.07, 6.45) is 24.2. The first-order chi connectivity index (χ1) is 72.8. The summed E-state index contributed by atoms with van der Waals surface area (Å²) in [6, 6.07) is 143. The number of pyridine rings is 13. The lowest BCUT2D eigenvalue weighted by molar-refractivity contribution is 1.19. The van der Waals surface area contributed by atoms with Gasteiger partial charge >= 0.3 is 0 Å². The number of rotatable bonds is 9. The van der Waals surface area contributed by atoms with E-state index < -0.39 is 0 Å². The highest BCUT2D eigenvalue weighted by Gasteiger charge is 2.22. The second kappa shape index (κ2) is 35.6. The lowest BCUT2D eigenvalue weighted by atomic mass is 9.91. The van der Waals surface area contributed by atoms with Crippen LogP contribution in [0, 0.1) is 0 Å². The van der Waals surface area contributed by atoms with E-state index in [1.807, 2.05) is 116 Å². The fourth-order valence-electron chi connectivity index (χ4n) is 21.6. The van der Waals surface area contributed by atoms with Crippen molar-refractivity contribution in [2.75, 3.05) is 0 Å². The summed E-state index contributed by atoms with van der Waals surface area (Å²) >= 11 is 0. The van der Waals surface area contributed by atoms with Gasteiger partial charge in [-0.1, -0.05) is 212 Å². The van der Waals surface area contributed by atoms with Crippen LogP contribution in [0.25, 0.3) is 291 Å². The van der Waals surface area contributed by atoms with Gasteiger partial charge < -0.3 is 0 Å². The molecule has 682 valence electrons. The number of fused-ring (bicyclic) bond motifs is 23. The first-order valence-electron chi connectivity index (χ1n) is 49.1. The molecular formula is C133H80N14. The van der Waals surface area contributed by atoms with E-state index in [0.29, 0.717) is 0 Å². The van der Waals surface area contributed by atoms with Crippen LogP contribution in [0.15, 0.2) is 487 Å². The first-order valence-corrected chi connectivity index (χ1v) is 49.1. The Kier molecular flexibility index (Phi) is 20.6. The predicted molar refractivity (Wildman–Crippen MR) is 606 cm³/mol. The van der Waals surface area contributed by atoms with Crippen LogP contribution in [-0.2, 0) is 0 Å². The largest absolute Gasteiger partial charge is 0.299 e. The summed E-state index contributed by atoms with van der Waals surface area (Å²) in [5.41, 5.74) is 28.0. The molecule has 14 aromatic heterocycles. The van der Waals surface area contributed by atoms with Gasteiger partial charge in [0.05, 0.1) is 78.3 Å². The van der Waals surface area contributed by atoms with E-state index >= 15 is 0 Å². The van der Waals surface area contributed by atoms with Gasteiger partial charge in [-0.3, -0.25) is 44.3 Å². The van der Waals surface area contributed by atoms with E-state index in [-0.39, 0.29) is 0 Å². The topological polar surface area (TPSA) is 172 Å². The van der Waals surface area contributed by atoms with Crippen LogP contribution in [0.2, 0.25) is 0 Å². The third-order valence-corrected chi connectivity index (χ3v) is 28.7. The van der Waals surface area contributed by atoms with Crippen LogP contribution in [0.3, 0.4) is 0 Å². The highest BCUT2D eigenvalue weighted by atomic mass is 15.0. The third kappa shape index (κ3) is 15.3. The molecule has 0 amide bonds. The van der Waals surface area contributed by atoms with Crippen LogP contribution in [0.1, 0.15) is 0 Å². The van der Waals surface area contributed by atoms with E-state index in [4.69, 9.17) is 24.9 Å². The van der Waals surface area contributed by atoms with Gasteiger partial charge in [0.15, 0.2) is 0 Å². The fraction of sp³-hybridized carbons (Fsp3) is 0. The van der Waals surface area contributed by atoms with Gasteiger partial charge in [0.1, 0.15) is 5.65 Å². The summed E-state index contributed by atoms with van der Waals surface area (Å²) < 4.78 is 2.17. The van der Waals surface area contributed by atoms with Crippen molar-refractivity contribution < 1.29 is 0 Å². The number of hydrogen-bond acceptors (Lipinski definition) is 13. The molecule has 147 heavy (non-hydrogen) atoms. The molecule has 0 spiro atoms. The van der Waals surface area contributed by atoms with E-state index in [1.165, 1.54) is 124 Å². The Morgan fingerprint density at radius 1 is 0.163 bits per heavy atom. The molecule has 0 aliphatic carbocycles. The van der Waals surface area contributed by atoms with Crippen molar-refractivity contribution in [3.8, 4) is 101 Å². The van der Waals surface area contributed by atoms with Crippen molar-refractivity contribution in [3.05, 3.63) is 487 Å². The van der Waals surface area contributed by atoms with Crippen molar-refractivity contribution in [3.63, 3.8) is 0 Å². The molecular weight excluding hydrogens is 1790 g/mol. The molecule has 0 bridgehead atoms. The predicted octanol–water partition coefficient (Wildman–Crippen LogP) is 33.2. The SMILES string of the molecule is c1ccc(-c2nc3ccccn3c2-c2ccc(-c3ccc4c(ccc5cc6c(ccc7ncccc76)cc54)n3)cc2)cc1.c1cncc(-c2cc(-c3cccnc3)cc(-c3ccc4c(ccc5cc6c(ccc7ncccc76)cc54)n3)c2)c1.c1cncc(-c2ccc(-c3ccc4c(ccc5cc6c(ccc7ncccc76)cc54)n3)cc2)c1.c1cncc(-c2ccc3cc4ccc5c6ncccc6cc6ccc(c3n2)c4c65)c1. The van der Waals surface area contributed by atoms with Gasteiger partial charge in [-0.25, -0.2) is 24.9 Å². The fourth-order valence-corrected chi connectivity index (χ4v) is 21.6. The number of nitrogens with zero attached hydrogens (tertiary/aromatic N) is 14. The number of hydrogen-bond donors (Lipinski definition) is 0. The Bertz CT molecular complexity index is 10600.